The molecule has 158 valence electrons. The number of amides is 1. The smallest absolute Gasteiger partial charge is 0.410 e. The van der Waals surface area contributed by atoms with Gasteiger partial charge in [0.15, 0.2) is 0 Å². The number of ether oxygens (including phenoxy) is 1. The minimum atomic E-state index is -3.55. The van der Waals surface area contributed by atoms with Gasteiger partial charge in [-0.15, -0.1) is 0 Å². The van der Waals surface area contributed by atoms with Crippen LogP contribution in [0.25, 0.3) is 11.0 Å². The summed E-state index contributed by atoms with van der Waals surface area (Å²) in [7, 11) is -0.527. The molecule has 0 radical (unpaired) electrons. The number of benzene rings is 2. The summed E-state index contributed by atoms with van der Waals surface area (Å²) in [5.41, 5.74) is -0.000650. The number of sulfonamides is 1. The second-order valence-corrected chi connectivity index (χ2v) is 8.46. The lowest BCUT2D eigenvalue weighted by Gasteiger charge is -2.12. The number of hydrogen-bond acceptors (Lipinski definition) is 7. The van der Waals surface area contributed by atoms with Gasteiger partial charge in [0, 0.05) is 20.2 Å². The summed E-state index contributed by atoms with van der Waals surface area (Å²) in [6.45, 7) is -0.201. The Kier molecular flexibility index (Phi) is 5.65. The molecule has 0 unspecified atom stereocenters. The number of nitrogens with one attached hydrogen (secondary N) is 1. The molecule has 0 aliphatic rings. The molecule has 0 spiro atoms. The Morgan fingerprint density at radius 3 is 2.53 bits per heavy atom. The van der Waals surface area contributed by atoms with E-state index in [1.807, 2.05) is 0 Å². The summed E-state index contributed by atoms with van der Waals surface area (Å²) in [5.74, 6) is -0.818. The van der Waals surface area contributed by atoms with Crippen LogP contribution in [-0.2, 0) is 16.6 Å². The zero-order valence-corrected chi connectivity index (χ0v) is 17.2. The van der Waals surface area contributed by atoms with Crippen molar-refractivity contribution in [3.05, 3.63) is 68.9 Å². The lowest BCUT2D eigenvalue weighted by atomic mass is 10.2. The number of para-hydroxylation sites is 1. The van der Waals surface area contributed by atoms with Crippen molar-refractivity contribution in [3.63, 3.8) is 0 Å². The van der Waals surface area contributed by atoms with E-state index < -0.39 is 27.4 Å². The van der Waals surface area contributed by atoms with Crippen LogP contribution in [-0.4, -0.2) is 44.3 Å². The Bertz CT molecular complexity index is 1340. The molecule has 0 aliphatic heterocycles. The summed E-state index contributed by atoms with van der Waals surface area (Å²) < 4.78 is 36.7. The van der Waals surface area contributed by atoms with E-state index in [1.54, 1.807) is 18.2 Å². The van der Waals surface area contributed by atoms with Crippen LogP contribution in [0.1, 0.15) is 5.56 Å². The summed E-state index contributed by atoms with van der Waals surface area (Å²) in [6.07, 6.45) is 0.376. The molecule has 2 aromatic carbocycles. The summed E-state index contributed by atoms with van der Waals surface area (Å²) >= 11 is 0. The van der Waals surface area contributed by atoms with Crippen molar-refractivity contribution < 1.29 is 22.4 Å². The van der Waals surface area contributed by atoms with Crippen LogP contribution >= 0.6 is 0 Å². The maximum absolute atomic E-state index is 12.8. The van der Waals surface area contributed by atoms with E-state index in [-0.39, 0.29) is 29.0 Å². The number of carbonyl (C=O) groups excluding carboxylic acids is 1. The van der Waals surface area contributed by atoms with Crippen molar-refractivity contribution in [2.75, 3.05) is 25.1 Å². The molecule has 1 N–H and O–H groups in total. The van der Waals surface area contributed by atoms with Crippen molar-refractivity contribution in [3.8, 4) is 5.75 Å². The fraction of sp³-hybridized carbons (Fsp3) is 0.211. The van der Waals surface area contributed by atoms with Crippen LogP contribution < -0.4 is 20.8 Å². The van der Waals surface area contributed by atoms with Crippen molar-refractivity contribution in [2.24, 2.45) is 0 Å². The molecule has 1 amide bonds. The highest BCUT2D eigenvalue weighted by Crippen LogP contribution is 2.20. The van der Waals surface area contributed by atoms with Gasteiger partial charge >= 0.3 is 11.8 Å². The van der Waals surface area contributed by atoms with Crippen molar-refractivity contribution >= 4 is 32.8 Å². The second-order valence-electron chi connectivity index (χ2n) is 6.71. The van der Waals surface area contributed by atoms with Crippen molar-refractivity contribution in [1.29, 1.82) is 0 Å². The number of rotatable bonds is 5. The van der Waals surface area contributed by atoms with Crippen LogP contribution in [0, 0.1) is 0 Å². The van der Waals surface area contributed by atoms with Crippen LogP contribution in [0.3, 0.4) is 0 Å². The molecule has 30 heavy (non-hydrogen) atoms. The predicted octanol–water partition coefficient (Wildman–Crippen LogP) is 1.43. The largest absolute Gasteiger partial charge is 0.422 e. The highest BCUT2D eigenvalue weighted by atomic mass is 32.2. The molecule has 11 heteroatoms. The maximum atomic E-state index is 12.8. The molecular formula is C19H19N3O7S. The highest BCUT2D eigenvalue weighted by Gasteiger charge is 2.15. The minimum Gasteiger partial charge on any atom is -0.410 e. The molecule has 0 bridgehead atoms. The lowest BCUT2D eigenvalue weighted by molar-refractivity contribution is 0.172. The third-order valence-corrected chi connectivity index (χ3v) is 4.65. The van der Waals surface area contributed by atoms with Gasteiger partial charge in [-0.05, 0) is 23.8 Å². The molecule has 0 saturated carbocycles. The number of carbonyl (C=O) groups is 1. The number of fused-ring (bicyclic) bond motifs is 1. The number of aromatic nitrogens is 1. The Hall–Kier alpha value is -3.60. The van der Waals surface area contributed by atoms with E-state index in [1.165, 1.54) is 43.3 Å². The number of hydrogen-bond donors (Lipinski definition) is 1. The Morgan fingerprint density at radius 1 is 1.17 bits per heavy atom. The van der Waals surface area contributed by atoms with E-state index in [2.05, 4.69) is 4.72 Å². The molecule has 0 fully saturated rings. The quantitative estimate of drug-likeness (QED) is 0.645. The zero-order valence-electron chi connectivity index (χ0n) is 16.4. The van der Waals surface area contributed by atoms with Crippen LogP contribution in [0.2, 0.25) is 0 Å². The molecule has 1 aromatic heterocycles. The highest BCUT2D eigenvalue weighted by molar-refractivity contribution is 7.92. The van der Waals surface area contributed by atoms with Gasteiger partial charge in [-0.3, -0.25) is 9.52 Å². The third-order valence-electron chi connectivity index (χ3n) is 4.06. The van der Waals surface area contributed by atoms with Gasteiger partial charge < -0.3 is 14.1 Å². The summed E-state index contributed by atoms with van der Waals surface area (Å²) in [4.78, 5) is 38.2. The van der Waals surface area contributed by atoms with Gasteiger partial charge in [-0.25, -0.2) is 22.6 Å². The van der Waals surface area contributed by atoms with Gasteiger partial charge in [0.2, 0.25) is 10.0 Å². The average Bonchev–Trinajstić information content (AvgIpc) is 2.65. The fourth-order valence-electron chi connectivity index (χ4n) is 2.66. The first kappa shape index (κ1) is 21.1. The SMILES string of the molecule is CN(C)C(=O)Oc1ccc2c(=O)n(Cc3ccccc3NS(C)(=O)=O)c(=O)oc2c1. The van der Waals surface area contributed by atoms with Gasteiger partial charge in [-0.1, -0.05) is 18.2 Å². The van der Waals surface area contributed by atoms with Gasteiger partial charge in [0.25, 0.3) is 5.56 Å². The fourth-order valence-corrected chi connectivity index (χ4v) is 3.26. The van der Waals surface area contributed by atoms with Crippen molar-refractivity contribution in [1.82, 2.24) is 9.47 Å². The van der Waals surface area contributed by atoms with Gasteiger partial charge in [0.05, 0.1) is 23.9 Å². The average molecular weight is 433 g/mol. The summed E-state index contributed by atoms with van der Waals surface area (Å²) in [6, 6.07) is 10.5. The van der Waals surface area contributed by atoms with E-state index in [4.69, 9.17) is 9.15 Å². The van der Waals surface area contributed by atoms with Gasteiger partial charge in [0.1, 0.15) is 11.3 Å². The van der Waals surface area contributed by atoms with Gasteiger partial charge in [-0.2, -0.15) is 0 Å². The van der Waals surface area contributed by atoms with E-state index in [0.29, 0.717) is 5.56 Å². The summed E-state index contributed by atoms with van der Waals surface area (Å²) in [5, 5.41) is 0.104. The van der Waals surface area contributed by atoms with E-state index >= 15 is 0 Å². The number of anilines is 1. The molecule has 1 heterocycles. The second kappa shape index (κ2) is 8.03. The molecule has 0 atom stereocenters. The predicted molar refractivity (Wildman–Crippen MR) is 110 cm³/mol. The molecular weight excluding hydrogens is 414 g/mol. The number of nitrogens with zero attached hydrogens (tertiary/aromatic N) is 2. The third kappa shape index (κ3) is 4.69. The van der Waals surface area contributed by atoms with Crippen molar-refractivity contribution in [2.45, 2.75) is 6.54 Å². The molecule has 0 saturated heterocycles. The standard InChI is InChI=1S/C19H19N3O7S/c1-21(2)18(24)28-13-8-9-14-16(10-13)29-19(25)22(17(14)23)11-12-6-4-5-7-15(12)20-30(3,26)27/h4-10,20H,11H2,1-3H3. The molecule has 3 aromatic rings. The minimum absolute atomic E-state index is 0.0344. The Balaban J connectivity index is 2.02. The topological polar surface area (TPSA) is 128 Å². The zero-order chi connectivity index (χ0) is 22.1. The molecule has 0 aliphatic carbocycles. The normalized spacial score (nSPS) is 11.3. The lowest BCUT2D eigenvalue weighted by Crippen LogP contribution is -2.33. The molecule has 10 nitrogen and oxygen atoms in total. The first-order valence-electron chi connectivity index (χ1n) is 8.67. The maximum Gasteiger partial charge on any atom is 0.422 e. The Morgan fingerprint density at radius 2 is 1.87 bits per heavy atom. The monoisotopic (exact) mass is 433 g/mol. The molecule has 3 rings (SSSR count). The van der Waals surface area contributed by atoms with E-state index in [0.717, 1.165) is 10.8 Å². The first-order valence-corrected chi connectivity index (χ1v) is 10.6. The van der Waals surface area contributed by atoms with E-state index in [9.17, 15) is 22.8 Å². The van der Waals surface area contributed by atoms with Crippen LogP contribution in [0.4, 0.5) is 10.5 Å². The van der Waals surface area contributed by atoms with Crippen LogP contribution in [0.5, 0.6) is 5.75 Å². The Labute approximate surface area is 171 Å². The first-order chi connectivity index (χ1) is 14.0. The van der Waals surface area contributed by atoms with Crippen LogP contribution in [0.15, 0.2) is 56.5 Å².